The van der Waals surface area contributed by atoms with Crippen LogP contribution in [0.15, 0.2) is 34.0 Å². The summed E-state index contributed by atoms with van der Waals surface area (Å²) in [5.74, 6) is 0.911. The van der Waals surface area contributed by atoms with Crippen molar-refractivity contribution in [2.75, 3.05) is 26.2 Å². The van der Waals surface area contributed by atoms with Crippen molar-refractivity contribution in [3.8, 4) is 0 Å². The fraction of sp³-hybridized carbons (Fsp3) is 0.471. The second-order valence-electron chi connectivity index (χ2n) is 5.60. The van der Waals surface area contributed by atoms with E-state index in [4.69, 9.17) is 0 Å². The van der Waals surface area contributed by atoms with E-state index in [9.17, 15) is 0 Å². The van der Waals surface area contributed by atoms with Crippen LogP contribution in [0, 0.1) is 0 Å². The summed E-state index contributed by atoms with van der Waals surface area (Å²) in [7, 11) is 0. The van der Waals surface area contributed by atoms with Gasteiger partial charge in [0.2, 0.25) is 0 Å². The Morgan fingerprint density at radius 2 is 2.17 bits per heavy atom. The minimum atomic E-state index is 0. The zero-order valence-electron chi connectivity index (χ0n) is 14.0. The predicted molar refractivity (Wildman–Crippen MR) is 116 cm³/mol. The maximum atomic E-state index is 4.65. The molecular weight excluding hydrogens is 451 g/mol. The smallest absolute Gasteiger partial charge is 0.191 e. The monoisotopic (exact) mass is 476 g/mol. The Labute approximate surface area is 169 Å². The van der Waals surface area contributed by atoms with Gasteiger partial charge >= 0.3 is 0 Å². The van der Waals surface area contributed by atoms with Gasteiger partial charge in [-0.1, -0.05) is 6.07 Å². The van der Waals surface area contributed by atoms with Gasteiger partial charge in [0.05, 0.1) is 6.54 Å². The first kappa shape index (κ1) is 19.7. The lowest BCUT2D eigenvalue weighted by Crippen LogP contribution is -2.42. The highest BCUT2D eigenvalue weighted by molar-refractivity contribution is 14.0. The van der Waals surface area contributed by atoms with Crippen molar-refractivity contribution in [3.63, 3.8) is 0 Å². The van der Waals surface area contributed by atoms with E-state index in [0.29, 0.717) is 0 Å². The Bertz CT molecular complexity index is 624. The zero-order valence-corrected chi connectivity index (χ0v) is 17.9. The molecule has 2 aromatic heterocycles. The predicted octanol–water partition coefficient (Wildman–Crippen LogP) is 3.54. The summed E-state index contributed by atoms with van der Waals surface area (Å²) in [6.07, 6.45) is 1.19. The van der Waals surface area contributed by atoms with E-state index in [2.05, 4.69) is 56.4 Å². The Morgan fingerprint density at radius 1 is 1.25 bits per heavy atom. The second kappa shape index (κ2) is 10.4. The third-order valence-corrected chi connectivity index (χ3v) is 5.81. The van der Waals surface area contributed by atoms with Gasteiger partial charge in [-0.25, -0.2) is 4.99 Å². The number of thiophene rings is 2. The number of hydrogen-bond acceptors (Lipinski definition) is 4. The Hall–Kier alpha value is -0.640. The van der Waals surface area contributed by atoms with Crippen molar-refractivity contribution >= 4 is 52.6 Å². The maximum Gasteiger partial charge on any atom is 0.191 e. The van der Waals surface area contributed by atoms with Crippen molar-refractivity contribution in [3.05, 3.63) is 44.3 Å². The van der Waals surface area contributed by atoms with E-state index in [-0.39, 0.29) is 24.0 Å². The molecule has 0 unspecified atom stereocenters. The van der Waals surface area contributed by atoms with E-state index in [0.717, 1.165) is 45.2 Å². The number of rotatable bonds is 6. The molecule has 0 saturated heterocycles. The van der Waals surface area contributed by atoms with E-state index >= 15 is 0 Å². The van der Waals surface area contributed by atoms with E-state index in [1.165, 1.54) is 16.9 Å². The zero-order chi connectivity index (χ0) is 15.9. The second-order valence-corrected chi connectivity index (χ2v) is 7.63. The molecule has 0 aliphatic carbocycles. The highest BCUT2D eigenvalue weighted by Crippen LogP contribution is 2.23. The molecule has 24 heavy (non-hydrogen) atoms. The number of guanidine groups is 1. The Kier molecular flexibility index (Phi) is 8.51. The quantitative estimate of drug-likeness (QED) is 0.381. The number of halogens is 1. The van der Waals surface area contributed by atoms with Crippen LogP contribution >= 0.6 is 46.7 Å². The molecule has 0 saturated carbocycles. The fourth-order valence-corrected chi connectivity index (χ4v) is 4.25. The minimum Gasteiger partial charge on any atom is -0.357 e. The molecule has 2 N–H and O–H groups in total. The molecule has 0 fully saturated rings. The standard InChI is InChI=1S/C17H24N4S2.HI/c1-2-18-17(20-12-15-4-3-10-22-15)19-7-9-21-8-5-16-14(13-21)6-11-23-16;/h3-4,6,10-11H,2,5,7-9,12-13H2,1H3,(H2,18,19,20);1H. The largest absolute Gasteiger partial charge is 0.357 e. The van der Waals surface area contributed by atoms with E-state index in [1.54, 1.807) is 16.2 Å². The molecule has 0 spiro atoms. The Morgan fingerprint density at radius 3 is 2.96 bits per heavy atom. The number of aliphatic imine (C=N–C) groups is 1. The molecule has 0 amide bonds. The van der Waals surface area contributed by atoms with Gasteiger partial charge in [0.25, 0.3) is 0 Å². The molecule has 7 heteroatoms. The van der Waals surface area contributed by atoms with Gasteiger partial charge in [-0.2, -0.15) is 0 Å². The molecule has 132 valence electrons. The van der Waals surface area contributed by atoms with Crippen LogP contribution in [0.25, 0.3) is 0 Å². The van der Waals surface area contributed by atoms with Crippen LogP contribution in [0.3, 0.4) is 0 Å². The van der Waals surface area contributed by atoms with Crippen molar-refractivity contribution in [2.24, 2.45) is 4.99 Å². The van der Waals surface area contributed by atoms with Gasteiger partial charge in [-0.05, 0) is 41.8 Å². The van der Waals surface area contributed by atoms with Crippen molar-refractivity contribution in [1.82, 2.24) is 15.5 Å². The first-order valence-corrected chi connectivity index (χ1v) is 9.93. The molecular formula is C17H25IN4S2. The van der Waals surface area contributed by atoms with E-state index < -0.39 is 0 Å². The minimum absolute atomic E-state index is 0. The molecule has 0 bridgehead atoms. The van der Waals surface area contributed by atoms with Gasteiger partial charge in [-0.3, -0.25) is 4.90 Å². The summed E-state index contributed by atoms with van der Waals surface area (Å²) in [6, 6.07) is 6.47. The van der Waals surface area contributed by atoms with Crippen LogP contribution in [0.2, 0.25) is 0 Å². The molecule has 0 aromatic carbocycles. The summed E-state index contributed by atoms with van der Waals surface area (Å²) in [5.41, 5.74) is 1.51. The maximum absolute atomic E-state index is 4.65. The van der Waals surface area contributed by atoms with Gasteiger partial charge < -0.3 is 10.6 Å². The molecule has 1 aliphatic heterocycles. The number of nitrogens with zero attached hydrogens (tertiary/aromatic N) is 2. The average molecular weight is 476 g/mol. The van der Waals surface area contributed by atoms with Crippen LogP contribution in [-0.2, 0) is 19.5 Å². The lowest BCUT2D eigenvalue weighted by atomic mass is 10.1. The first-order valence-electron chi connectivity index (χ1n) is 8.17. The van der Waals surface area contributed by atoms with Crippen molar-refractivity contribution in [2.45, 2.75) is 26.4 Å². The number of hydrogen-bond donors (Lipinski definition) is 2. The molecule has 3 heterocycles. The van der Waals surface area contributed by atoms with E-state index in [1.807, 2.05) is 11.3 Å². The normalized spacial score (nSPS) is 14.8. The van der Waals surface area contributed by atoms with Crippen LogP contribution in [-0.4, -0.2) is 37.0 Å². The SMILES string of the molecule is CCNC(=NCc1cccs1)NCCN1CCc2sccc2C1.I. The molecule has 2 aromatic rings. The van der Waals surface area contributed by atoms with Gasteiger partial charge in [0.1, 0.15) is 0 Å². The third-order valence-electron chi connectivity index (χ3n) is 3.92. The van der Waals surface area contributed by atoms with Crippen LogP contribution in [0.5, 0.6) is 0 Å². The molecule has 1 aliphatic rings. The molecule has 3 rings (SSSR count). The first-order chi connectivity index (χ1) is 11.3. The van der Waals surface area contributed by atoms with Crippen molar-refractivity contribution in [1.29, 1.82) is 0 Å². The molecule has 4 nitrogen and oxygen atoms in total. The molecule has 0 atom stereocenters. The van der Waals surface area contributed by atoms with Crippen LogP contribution in [0.4, 0.5) is 0 Å². The fourth-order valence-electron chi connectivity index (χ4n) is 2.73. The number of fused-ring (bicyclic) bond motifs is 1. The average Bonchev–Trinajstić information content (AvgIpc) is 3.23. The topological polar surface area (TPSA) is 39.7 Å². The lowest BCUT2D eigenvalue weighted by Gasteiger charge is -2.27. The highest BCUT2D eigenvalue weighted by atomic mass is 127. The summed E-state index contributed by atoms with van der Waals surface area (Å²) in [4.78, 5) is 10.0. The van der Waals surface area contributed by atoms with Crippen LogP contribution < -0.4 is 10.6 Å². The third kappa shape index (κ3) is 5.72. The van der Waals surface area contributed by atoms with Crippen LogP contribution in [0.1, 0.15) is 22.2 Å². The summed E-state index contributed by atoms with van der Waals surface area (Å²) >= 11 is 3.65. The summed E-state index contributed by atoms with van der Waals surface area (Å²) in [6.45, 7) is 7.97. The summed E-state index contributed by atoms with van der Waals surface area (Å²) in [5, 5.41) is 11.1. The lowest BCUT2D eigenvalue weighted by molar-refractivity contribution is 0.260. The van der Waals surface area contributed by atoms with Gasteiger partial charge in [0.15, 0.2) is 5.96 Å². The Balaban J connectivity index is 0.00000208. The van der Waals surface area contributed by atoms with Crippen molar-refractivity contribution < 1.29 is 0 Å². The molecule has 0 radical (unpaired) electrons. The van der Waals surface area contributed by atoms with Gasteiger partial charge in [-0.15, -0.1) is 46.7 Å². The highest BCUT2D eigenvalue weighted by Gasteiger charge is 2.16. The number of nitrogens with one attached hydrogen (secondary N) is 2. The summed E-state index contributed by atoms with van der Waals surface area (Å²) < 4.78 is 0. The van der Waals surface area contributed by atoms with Gasteiger partial charge in [0, 0.05) is 42.5 Å².